The summed E-state index contributed by atoms with van der Waals surface area (Å²) in [4.78, 5) is 16.1. The molecule has 18 heavy (non-hydrogen) atoms. The number of hydrogen-bond acceptors (Lipinski definition) is 3. The molecule has 0 saturated heterocycles. The van der Waals surface area contributed by atoms with Crippen LogP contribution in [-0.2, 0) is 0 Å². The Morgan fingerprint density at radius 1 is 1.50 bits per heavy atom. The van der Waals surface area contributed by atoms with Gasteiger partial charge in [-0.25, -0.2) is 0 Å². The zero-order chi connectivity index (χ0) is 13.0. The summed E-state index contributed by atoms with van der Waals surface area (Å²) < 4.78 is 0. The maximum absolute atomic E-state index is 12.0. The van der Waals surface area contributed by atoms with Crippen LogP contribution in [0.4, 0.5) is 0 Å². The highest BCUT2D eigenvalue weighted by atomic mass is 16.1. The minimum Gasteiger partial charge on any atom is -0.351 e. The van der Waals surface area contributed by atoms with Crippen molar-refractivity contribution in [2.45, 2.75) is 32.6 Å². The number of aryl methyl sites for hydroxylation is 1. The summed E-state index contributed by atoms with van der Waals surface area (Å²) in [6, 6.07) is 3.55. The van der Waals surface area contributed by atoms with Crippen molar-refractivity contribution in [1.82, 2.24) is 10.3 Å². The quantitative estimate of drug-likeness (QED) is 0.850. The highest BCUT2D eigenvalue weighted by molar-refractivity contribution is 5.94. The van der Waals surface area contributed by atoms with Crippen LogP contribution in [0.25, 0.3) is 0 Å². The SMILES string of the molecule is Cc1cc(C(=O)NCC2(CN)CCCC2)ccn1. The number of amides is 1. The third-order valence-corrected chi connectivity index (χ3v) is 3.88. The van der Waals surface area contributed by atoms with E-state index in [-0.39, 0.29) is 11.3 Å². The lowest BCUT2D eigenvalue weighted by Crippen LogP contribution is -2.40. The molecular formula is C14H21N3O. The molecular weight excluding hydrogens is 226 g/mol. The van der Waals surface area contributed by atoms with E-state index in [1.807, 2.05) is 6.92 Å². The van der Waals surface area contributed by atoms with E-state index in [2.05, 4.69) is 10.3 Å². The van der Waals surface area contributed by atoms with Gasteiger partial charge in [0.15, 0.2) is 0 Å². The Kier molecular flexibility index (Phi) is 3.97. The Labute approximate surface area is 108 Å². The summed E-state index contributed by atoms with van der Waals surface area (Å²) in [5, 5.41) is 3.01. The van der Waals surface area contributed by atoms with Crippen LogP contribution in [0.2, 0.25) is 0 Å². The lowest BCUT2D eigenvalue weighted by molar-refractivity contribution is 0.0932. The largest absolute Gasteiger partial charge is 0.351 e. The highest BCUT2D eigenvalue weighted by Gasteiger charge is 2.32. The van der Waals surface area contributed by atoms with Gasteiger partial charge in [-0.3, -0.25) is 9.78 Å². The van der Waals surface area contributed by atoms with Gasteiger partial charge in [0, 0.05) is 24.0 Å². The first-order chi connectivity index (χ1) is 8.65. The lowest BCUT2D eigenvalue weighted by atomic mass is 9.86. The van der Waals surface area contributed by atoms with Crippen LogP contribution in [0, 0.1) is 12.3 Å². The summed E-state index contributed by atoms with van der Waals surface area (Å²) in [6.45, 7) is 3.22. The highest BCUT2D eigenvalue weighted by Crippen LogP contribution is 2.36. The minimum atomic E-state index is -0.0276. The van der Waals surface area contributed by atoms with Crippen LogP contribution in [0.3, 0.4) is 0 Å². The molecule has 1 amide bonds. The molecule has 1 aromatic rings. The van der Waals surface area contributed by atoms with E-state index in [9.17, 15) is 4.79 Å². The molecule has 0 spiro atoms. The van der Waals surface area contributed by atoms with Gasteiger partial charge in [0.2, 0.25) is 0 Å². The molecule has 4 heteroatoms. The van der Waals surface area contributed by atoms with Gasteiger partial charge in [-0.2, -0.15) is 0 Å². The van der Waals surface area contributed by atoms with Crippen molar-refractivity contribution < 1.29 is 4.79 Å². The molecule has 4 nitrogen and oxygen atoms in total. The molecule has 0 unspecified atom stereocenters. The molecule has 0 aromatic carbocycles. The predicted octanol–water partition coefficient (Wildman–Crippen LogP) is 1.64. The third-order valence-electron chi connectivity index (χ3n) is 3.88. The van der Waals surface area contributed by atoms with E-state index in [0.29, 0.717) is 18.7 Å². The first-order valence-corrected chi connectivity index (χ1v) is 6.56. The summed E-state index contributed by atoms with van der Waals surface area (Å²) in [6.07, 6.45) is 6.36. The number of aromatic nitrogens is 1. The number of hydrogen-bond donors (Lipinski definition) is 2. The molecule has 1 heterocycles. The fourth-order valence-electron chi connectivity index (χ4n) is 2.63. The second kappa shape index (κ2) is 5.48. The third kappa shape index (κ3) is 2.88. The molecule has 2 rings (SSSR count). The smallest absolute Gasteiger partial charge is 0.251 e. The van der Waals surface area contributed by atoms with Crippen molar-refractivity contribution in [1.29, 1.82) is 0 Å². The van der Waals surface area contributed by atoms with Crippen molar-refractivity contribution in [2.75, 3.05) is 13.1 Å². The summed E-state index contributed by atoms with van der Waals surface area (Å²) in [7, 11) is 0. The van der Waals surface area contributed by atoms with Crippen LogP contribution < -0.4 is 11.1 Å². The molecule has 1 aromatic heterocycles. The standard InChI is InChI=1S/C14H21N3O/c1-11-8-12(4-7-16-11)13(18)17-10-14(9-15)5-2-3-6-14/h4,7-8H,2-3,5-6,9-10,15H2,1H3,(H,17,18). The van der Waals surface area contributed by atoms with Crippen molar-refractivity contribution in [3.63, 3.8) is 0 Å². The minimum absolute atomic E-state index is 0.0276. The Morgan fingerprint density at radius 3 is 2.83 bits per heavy atom. The molecule has 1 aliphatic carbocycles. The van der Waals surface area contributed by atoms with Crippen LogP contribution >= 0.6 is 0 Å². The van der Waals surface area contributed by atoms with Gasteiger partial charge >= 0.3 is 0 Å². The van der Waals surface area contributed by atoms with Gasteiger partial charge in [-0.15, -0.1) is 0 Å². The van der Waals surface area contributed by atoms with Crippen molar-refractivity contribution in [3.05, 3.63) is 29.6 Å². The van der Waals surface area contributed by atoms with Crippen molar-refractivity contribution in [3.8, 4) is 0 Å². The molecule has 0 atom stereocenters. The normalized spacial score (nSPS) is 17.7. The zero-order valence-corrected chi connectivity index (χ0v) is 10.9. The number of carbonyl (C=O) groups excluding carboxylic acids is 1. The Hall–Kier alpha value is -1.42. The van der Waals surface area contributed by atoms with Crippen LogP contribution in [0.15, 0.2) is 18.3 Å². The maximum Gasteiger partial charge on any atom is 0.251 e. The Bertz CT molecular complexity index is 425. The number of nitrogens with two attached hydrogens (primary N) is 1. The van der Waals surface area contributed by atoms with Crippen molar-refractivity contribution in [2.24, 2.45) is 11.1 Å². The monoisotopic (exact) mass is 247 g/mol. The molecule has 3 N–H and O–H groups in total. The van der Waals surface area contributed by atoms with Gasteiger partial charge in [0.25, 0.3) is 5.91 Å². The van der Waals surface area contributed by atoms with Gasteiger partial charge in [0.1, 0.15) is 0 Å². The van der Waals surface area contributed by atoms with E-state index >= 15 is 0 Å². The van der Waals surface area contributed by atoms with Crippen molar-refractivity contribution >= 4 is 5.91 Å². The number of pyridine rings is 1. The summed E-state index contributed by atoms with van der Waals surface area (Å²) in [5.74, 6) is -0.0276. The van der Waals surface area contributed by atoms with E-state index in [0.717, 1.165) is 18.5 Å². The van der Waals surface area contributed by atoms with Gasteiger partial charge in [-0.1, -0.05) is 12.8 Å². The average Bonchev–Trinajstić information content (AvgIpc) is 2.85. The summed E-state index contributed by atoms with van der Waals surface area (Å²) in [5.41, 5.74) is 7.51. The van der Waals surface area contributed by atoms with E-state index in [4.69, 9.17) is 5.73 Å². The fraction of sp³-hybridized carbons (Fsp3) is 0.571. The first-order valence-electron chi connectivity index (χ1n) is 6.56. The van der Waals surface area contributed by atoms with Crippen LogP contribution in [-0.4, -0.2) is 24.0 Å². The second-order valence-electron chi connectivity index (χ2n) is 5.28. The number of nitrogens with one attached hydrogen (secondary N) is 1. The van der Waals surface area contributed by atoms with Gasteiger partial charge in [0.05, 0.1) is 0 Å². The van der Waals surface area contributed by atoms with Crippen LogP contribution in [0.5, 0.6) is 0 Å². The first kappa shape index (κ1) is 13.0. The molecule has 0 bridgehead atoms. The zero-order valence-electron chi connectivity index (χ0n) is 10.9. The molecule has 1 fully saturated rings. The second-order valence-corrected chi connectivity index (χ2v) is 5.28. The van der Waals surface area contributed by atoms with Gasteiger partial charge in [-0.05, 0) is 43.9 Å². The fourth-order valence-corrected chi connectivity index (χ4v) is 2.63. The van der Waals surface area contributed by atoms with Crippen LogP contribution in [0.1, 0.15) is 41.7 Å². The molecule has 98 valence electrons. The molecule has 0 aliphatic heterocycles. The molecule has 1 aliphatic rings. The van der Waals surface area contributed by atoms with E-state index < -0.39 is 0 Å². The number of carbonyl (C=O) groups is 1. The van der Waals surface area contributed by atoms with E-state index in [1.54, 1.807) is 18.3 Å². The number of rotatable bonds is 4. The van der Waals surface area contributed by atoms with E-state index in [1.165, 1.54) is 12.8 Å². The topological polar surface area (TPSA) is 68.0 Å². The maximum atomic E-state index is 12.0. The number of nitrogens with zero attached hydrogens (tertiary/aromatic N) is 1. The molecule has 1 saturated carbocycles. The lowest BCUT2D eigenvalue weighted by Gasteiger charge is -2.27. The predicted molar refractivity (Wildman–Crippen MR) is 71.3 cm³/mol. The summed E-state index contributed by atoms with van der Waals surface area (Å²) >= 11 is 0. The Morgan fingerprint density at radius 2 is 2.22 bits per heavy atom. The average molecular weight is 247 g/mol. The Balaban J connectivity index is 1.96. The van der Waals surface area contributed by atoms with Gasteiger partial charge < -0.3 is 11.1 Å². The molecule has 0 radical (unpaired) electrons.